The van der Waals surface area contributed by atoms with Crippen LogP contribution in [0.5, 0.6) is 0 Å². The molecule has 206 valence electrons. The molecular weight excluding hydrogens is 526 g/mol. The fourth-order valence-corrected chi connectivity index (χ4v) is 7.44. The number of nitrogens with zero attached hydrogens (tertiary/aromatic N) is 3. The smallest absolute Gasteiger partial charge is 0.255 e. The fourth-order valence-electron chi connectivity index (χ4n) is 5.94. The van der Waals surface area contributed by atoms with Gasteiger partial charge >= 0.3 is 0 Å². The Morgan fingerprint density at radius 3 is 2.62 bits per heavy atom. The van der Waals surface area contributed by atoms with Gasteiger partial charge in [0.05, 0.1) is 23.7 Å². The van der Waals surface area contributed by atoms with Crippen molar-refractivity contribution in [2.24, 2.45) is 0 Å². The van der Waals surface area contributed by atoms with Gasteiger partial charge in [0, 0.05) is 35.3 Å². The lowest BCUT2D eigenvalue weighted by Crippen LogP contribution is -2.53. The summed E-state index contributed by atoms with van der Waals surface area (Å²) in [6.45, 7) is 11.3. The van der Waals surface area contributed by atoms with Gasteiger partial charge in [-0.3, -0.25) is 9.78 Å². The average molecular weight is 564 g/mol. The third kappa shape index (κ3) is 5.29. The zero-order chi connectivity index (χ0) is 27.9. The van der Waals surface area contributed by atoms with Crippen molar-refractivity contribution < 1.29 is 14.0 Å². The van der Waals surface area contributed by atoms with E-state index in [1.165, 1.54) is 0 Å². The highest BCUT2D eigenvalue weighted by Crippen LogP contribution is 2.46. The van der Waals surface area contributed by atoms with E-state index in [2.05, 4.69) is 44.9 Å². The van der Waals surface area contributed by atoms with Gasteiger partial charge in [-0.05, 0) is 66.7 Å². The lowest BCUT2D eigenvalue weighted by atomic mass is 9.89. The van der Waals surface area contributed by atoms with Gasteiger partial charge in [0.1, 0.15) is 11.4 Å². The first kappa shape index (κ1) is 27.9. The molecule has 1 saturated carbocycles. The molecule has 39 heavy (non-hydrogen) atoms. The van der Waals surface area contributed by atoms with Crippen LogP contribution in [0.3, 0.4) is 0 Å². The van der Waals surface area contributed by atoms with Crippen molar-refractivity contribution in [1.82, 2.24) is 14.9 Å². The summed E-state index contributed by atoms with van der Waals surface area (Å²) >= 11 is 6.01. The van der Waals surface area contributed by atoms with Crippen LogP contribution in [0.15, 0.2) is 42.7 Å². The van der Waals surface area contributed by atoms with E-state index in [4.69, 9.17) is 21.0 Å². The molecule has 1 aromatic carbocycles. The van der Waals surface area contributed by atoms with Crippen molar-refractivity contribution in [3.05, 3.63) is 70.1 Å². The molecule has 1 aliphatic carbocycles. The van der Waals surface area contributed by atoms with E-state index < -0.39 is 8.32 Å². The Kier molecular flexibility index (Phi) is 7.70. The zero-order valence-corrected chi connectivity index (χ0v) is 25.3. The Hall–Kier alpha value is -2.61. The highest BCUT2D eigenvalue weighted by atomic mass is 35.5. The van der Waals surface area contributed by atoms with E-state index in [1.807, 2.05) is 23.1 Å². The minimum Gasteiger partial charge on any atom is -0.412 e. The SMILES string of the molecule is CC(C)(C)[Si](C)(C)O[C@H]1CCCC[C@@H]1N1C(=O)c2cc(Cc3ccc(Cl)nc3)c3cccnc3c2C1CC=O. The van der Waals surface area contributed by atoms with Crippen molar-refractivity contribution in [3.63, 3.8) is 0 Å². The quantitative estimate of drug-likeness (QED) is 0.171. The Balaban J connectivity index is 1.58. The van der Waals surface area contributed by atoms with Gasteiger partial charge in [-0.1, -0.05) is 57.3 Å². The van der Waals surface area contributed by atoms with Crippen LogP contribution in [0, 0.1) is 0 Å². The van der Waals surface area contributed by atoms with Crippen LogP contribution in [-0.4, -0.2) is 47.5 Å². The summed E-state index contributed by atoms with van der Waals surface area (Å²) in [7, 11) is -2.06. The molecule has 0 radical (unpaired) electrons. The number of amides is 1. The van der Waals surface area contributed by atoms with E-state index >= 15 is 0 Å². The fraction of sp³-hybridized carbons (Fsp3) is 0.484. The van der Waals surface area contributed by atoms with Crippen LogP contribution >= 0.6 is 11.6 Å². The number of hydrogen-bond donors (Lipinski definition) is 0. The molecule has 1 amide bonds. The molecule has 1 unspecified atom stereocenters. The summed E-state index contributed by atoms with van der Waals surface area (Å²) in [6.07, 6.45) is 9.23. The second kappa shape index (κ2) is 10.8. The van der Waals surface area contributed by atoms with Gasteiger partial charge in [0.25, 0.3) is 5.91 Å². The van der Waals surface area contributed by atoms with E-state index in [1.54, 1.807) is 18.5 Å². The minimum absolute atomic E-state index is 0.0179. The van der Waals surface area contributed by atoms with Crippen LogP contribution in [0.25, 0.3) is 10.9 Å². The second-order valence-electron chi connectivity index (χ2n) is 12.5. The molecular formula is C31H38ClN3O3Si. The summed E-state index contributed by atoms with van der Waals surface area (Å²) < 4.78 is 6.97. The highest BCUT2D eigenvalue weighted by molar-refractivity contribution is 6.74. The first-order valence-corrected chi connectivity index (χ1v) is 17.3. The number of carbonyl (C=O) groups is 2. The third-order valence-corrected chi connectivity index (χ3v) is 13.7. The van der Waals surface area contributed by atoms with Gasteiger partial charge in [-0.2, -0.15) is 0 Å². The van der Waals surface area contributed by atoms with E-state index in [9.17, 15) is 9.59 Å². The summed E-state index contributed by atoms with van der Waals surface area (Å²) in [6, 6.07) is 9.31. The number of carbonyl (C=O) groups excluding carboxylic acids is 2. The molecule has 3 heterocycles. The predicted molar refractivity (Wildman–Crippen MR) is 158 cm³/mol. The maximum Gasteiger partial charge on any atom is 0.255 e. The molecule has 0 bridgehead atoms. The minimum atomic E-state index is -2.06. The van der Waals surface area contributed by atoms with Gasteiger partial charge in [0.15, 0.2) is 8.32 Å². The first-order chi connectivity index (χ1) is 18.5. The lowest BCUT2D eigenvalue weighted by Gasteiger charge is -2.46. The van der Waals surface area contributed by atoms with E-state index in [0.717, 1.165) is 59.6 Å². The maximum atomic E-state index is 14.3. The van der Waals surface area contributed by atoms with Crippen LogP contribution in [0.1, 0.15) is 86.0 Å². The Morgan fingerprint density at radius 1 is 1.15 bits per heavy atom. The van der Waals surface area contributed by atoms with Gasteiger partial charge in [-0.25, -0.2) is 4.98 Å². The highest BCUT2D eigenvalue weighted by Gasteiger charge is 2.48. The Morgan fingerprint density at radius 2 is 1.92 bits per heavy atom. The molecule has 1 fully saturated rings. The number of hydrogen-bond acceptors (Lipinski definition) is 5. The molecule has 1 aliphatic heterocycles. The van der Waals surface area contributed by atoms with Crippen LogP contribution < -0.4 is 0 Å². The maximum absolute atomic E-state index is 14.3. The average Bonchev–Trinajstić information content (AvgIpc) is 3.16. The largest absolute Gasteiger partial charge is 0.412 e. The number of benzene rings is 1. The standard InChI is InChI=1S/C31H38ClN3O3Si/c1-31(2,3)39(4,5)38-26-11-7-6-10-24(26)35-25(14-16-36)28-23(30(35)37)18-21(22-9-8-15-33-29(22)28)17-20-12-13-27(32)34-19-20/h8-9,12-13,15-16,18-19,24-26H,6-7,10-11,14,17H2,1-5H3/t24-,25?,26-/m0/s1. The zero-order valence-electron chi connectivity index (χ0n) is 23.5. The van der Waals surface area contributed by atoms with Crippen molar-refractivity contribution in [3.8, 4) is 0 Å². The Bertz CT molecular complexity index is 1390. The molecule has 6 nitrogen and oxygen atoms in total. The van der Waals surface area contributed by atoms with Crippen LogP contribution in [0.4, 0.5) is 0 Å². The molecule has 2 aliphatic rings. The number of pyridine rings is 2. The number of rotatable bonds is 7. The van der Waals surface area contributed by atoms with Crippen molar-refractivity contribution in [2.75, 3.05) is 0 Å². The van der Waals surface area contributed by atoms with Crippen molar-refractivity contribution in [1.29, 1.82) is 0 Å². The van der Waals surface area contributed by atoms with Crippen molar-refractivity contribution in [2.45, 2.75) is 95.6 Å². The number of aromatic nitrogens is 2. The van der Waals surface area contributed by atoms with E-state index in [-0.39, 0.29) is 35.6 Å². The van der Waals surface area contributed by atoms with Gasteiger partial charge in [0.2, 0.25) is 0 Å². The van der Waals surface area contributed by atoms with Crippen LogP contribution in [-0.2, 0) is 15.6 Å². The predicted octanol–water partition coefficient (Wildman–Crippen LogP) is 7.29. The topological polar surface area (TPSA) is 72.4 Å². The molecule has 0 N–H and O–H groups in total. The molecule has 3 atom stereocenters. The molecule has 3 aromatic rings. The first-order valence-electron chi connectivity index (χ1n) is 14.0. The molecule has 0 saturated heterocycles. The summed E-state index contributed by atoms with van der Waals surface area (Å²) in [5.74, 6) is -0.0179. The van der Waals surface area contributed by atoms with Crippen molar-refractivity contribution >= 4 is 43.0 Å². The third-order valence-electron chi connectivity index (χ3n) is 8.93. The van der Waals surface area contributed by atoms with Gasteiger partial charge < -0.3 is 14.1 Å². The second-order valence-corrected chi connectivity index (χ2v) is 17.6. The lowest BCUT2D eigenvalue weighted by molar-refractivity contribution is -0.109. The number of halogens is 1. The number of aldehydes is 1. The molecule has 8 heteroatoms. The monoisotopic (exact) mass is 563 g/mol. The van der Waals surface area contributed by atoms with Crippen LogP contribution in [0.2, 0.25) is 23.3 Å². The number of fused-ring (bicyclic) bond motifs is 3. The normalized spacial score (nSPS) is 21.8. The molecule has 2 aromatic heterocycles. The Labute approximate surface area is 237 Å². The van der Waals surface area contributed by atoms with Gasteiger partial charge in [-0.15, -0.1) is 0 Å². The summed E-state index contributed by atoms with van der Waals surface area (Å²) in [5.41, 5.74) is 4.34. The summed E-state index contributed by atoms with van der Waals surface area (Å²) in [5, 5.41) is 1.51. The molecule has 0 spiro atoms. The van der Waals surface area contributed by atoms with E-state index in [0.29, 0.717) is 17.1 Å². The molecule has 5 rings (SSSR count). The summed E-state index contributed by atoms with van der Waals surface area (Å²) in [4.78, 5) is 37.3.